The van der Waals surface area contributed by atoms with Crippen LogP contribution < -0.4 is 9.64 Å². The van der Waals surface area contributed by atoms with Gasteiger partial charge in [-0.15, -0.1) is 0 Å². The molecule has 0 saturated carbocycles. The molecule has 1 atom stereocenters. The molecule has 0 amide bonds. The Bertz CT molecular complexity index is 390. The summed E-state index contributed by atoms with van der Waals surface area (Å²) in [6, 6.07) is 6.30. The normalized spacial score (nSPS) is 12.6. The Morgan fingerprint density at radius 1 is 1.32 bits per heavy atom. The van der Waals surface area contributed by atoms with Crippen LogP contribution in [0.25, 0.3) is 0 Å². The first-order valence-electron chi connectivity index (χ1n) is 7.02. The van der Waals surface area contributed by atoms with Crippen LogP contribution in [0.1, 0.15) is 26.3 Å². The molecule has 0 spiro atoms. The van der Waals surface area contributed by atoms with E-state index in [1.807, 2.05) is 6.07 Å². The Morgan fingerprint density at radius 2 is 2.00 bits per heavy atom. The zero-order valence-corrected chi connectivity index (χ0v) is 12.8. The first-order chi connectivity index (χ1) is 9.03. The molecule has 0 heterocycles. The van der Waals surface area contributed by atoms with E-state index in [2.05, 4.69) is 44.9 Å². The molecule has 0 fully saturated rings. The molecular weight excluding hydrogens is 238 g/mol. The van der Waals surface area contributed by atoms with Crippen LogP contribution >= 0.6 is 0 Å². The van der Waals surface area contributed by atoms with Crippen molar-refractivity contribution < 1.29 is 9.84 Å². The largest absolute Gasteiger partial charge is 0.495 e. The van der Waals surface area contributed by atoms with E-state index in [1.54, 1.807) is 7.11 Å². The second-order valence-electron chi connectivity index (χ2n) is 5.43. The maximum atomic E-state index is 9.46. The molecule has 1 N–H and O–H groups in total. The number of aryl methyl sites for hydroxylation is 1. The van der Waals surface area contributed by atoms with Gasteiger partial charge >= 0.3 is 0 Å². The number of ether oxygens (including phenoxy) is 1. The number of hydrogen-bond acceptors (Lipinski definition) is 3. The quantitative estimate of drug-likeness (QED) is 0.822. The maximum Gasteiger partial charge on any atom is 0.142 e. The maximum absolute atomic E-state index is 9.46. The number of benzene rings is 1. The van der Waals surface area contributed by atoms with Gasteiger partial charge in [0.2, 0.25) is 0 Å². The van der Waals surface area contributed by atoms with Crippen LogP contribution in [0.5, 0.6) is 5.75 Å². The highest BCUT2D eigenvalue weighted by molar-refractivity contribution is 5.59. The van der Waals surface area contributed by atoms with E-state index in [4.69, 9.17) is 4.74 Å². The van der Waals surface area contributed by atoms with Gasteiger partial charge in [-0.1, -0.05) is 26.8 Å². The molecule has 108 valence electrons. The summed E-state index contributed by atoms with van der Waals surface area (Å²) in [6.07, 6.45) is 1.01. The van der Waals surface area contributed by atoms with Crippen molar-refractivity contribution in [2.45, 2.75) is 27.2 Å². The number of hydrogen-bond donors (Lipinski definition) is 1. The highest BCUT2D eigenvalue weighted by Crippen LogP contribution is 2.30. The molecule has 3 nitrogen and oxygen atoms in total. The molecule has 1 rings (SSSR count). The third-order valence-electron chi connectivity index (χ3n) is 3.75. The molecule has 3 heteroatoms. The summed E-state index contributed by atoms with van der Waals surface area (Å²) in [5.41, 5.74) is 2.40. The lowest BCUT2D eigenvalue weighted by molar-refractivity contribution is 0.193. The second-order valence-corrected chi connectivity index (χ2v) is 5.43. The van der Waals surface area contributed by atoms with Gasteiger partial charge in [-0.3, -0.25) is 0 Å². The minimum atomic E-state index is 0.220. The van der Waals surface area contributed by atoms with E-state index in [0.29, 0.717) is 5.92 Å². The average Bonchev–Trinajstić information content (AvgIpc) is 2.43. The van der Waals surface area contributed by atoms with Gasteiger partial charge in [0.15, 0.2) is 0 Å². The Morgan fingerprint density at radius 3 is 2.47 bits per heavy atom. The second kappa shape index (κ2) is 7.39. The zero-order valence-electron chi connectivity index (χ0n) is 12.8. The molecule has 0 aromatic heterocycles. The summed E-state index contributed by atoms with van der Waals surface area (Å²) >= 11 is 0. The van der Waals surface area contributed by atoms with Crippen LogP contribution in [0.15, 0.2) is 18.2 Å². The number of methoxy groups -OCH3 is 1. The van der Waals surface area contributed by atoms with Crippen LogP contribution in [-0.2, 0) is 6.42 Å². The van der Waals surface area contributed by atoms with Crippen LogP contribution in [0.3, 0.4) is 0 Å². The Kier molecular flexibility index (Phi) is 6.16. The third kappa shape index (κ3) is 4.13. The number of aliphatic hydroxyl groups is 1. The lowest BCUT2D eigenvalue weighted by Gasteiger charge is -2.28. The minimum absolute atomic E-state index is 0.220. The highest BCUT2D eigenvalue weighted by Gasteiger charge is 2.17. The Hall–Kier alpha value is -1.22. The van der Waals surface area contributed by atoms with Crippen molar-refractivity contribution in [1.29, 1.82) is 0 Å². The van der Waals surface area contributed by atoms with Crippen LogP contribution in [0.2, 0.25) is 0 Å². The van der Waals surface area contributed by atoms with Gasteiger partial charge in [0, 0.05) is 26.1 Å². The van der Waals surface area contributed by atoms with Crippen molar-refractivity contribution in [2.24, 2.45) is 11.8 Å². The summed E-state index contributed by atoms with van der Waals surface area (Å²) in [5.74, 6) is 1.63. The van der Waals surface area contributed by atoms with Gasteiger partial charge < -0.3 is 14.7 Å². The van der Waals surface area contributed by atoms with Crippen molar-refractivity contribution in [3.63, 3.8) is 0 Å². The van der Waals surface area contributed by atoms with Gasteiger partial charge in [0.1, 0.15) is 5.75 Å². The molecule has 0 radical (unpaired) electrons. The van der Waals surface area contributed by atoms with Crippen molar-refractivity contribution in [3.8, 4) is 5.75 Å². The summed E-state index contributed by atoms with van der Waals surface area (Å²) in [6.45, 7) is 7.49. The molecule has 0 bridgehead atoms. The number of rotatable bonds is 7. The molecule has 1 aromatic rings. The number of anilines is 1. The standard InChI is InChI=1S/C16H27NO2/c1-6-13-7-8-16(19-5)15(9-13)17(4)10-14(11-18)12(2)3/h7-9,12,14,18H,6,10-11H2,1-5H3. The fraction of sp³-hybridized carbons (Fsp3) is 0.625. The molecule has 19 heavy (non-hydrogen) atoms. The van der Waals surface area contributed by atoms with E-state index in [-0.39, 0.29) is 12.5 Å². The summed E-state index contributed by atoms with van der Waals surface area (Å²) < 4.78 is 5.44. The van der Waals surface area contributed by atoms with Gasteiger partial charge in [-0.05, 0) is 30.0 Å². The molecule has 0 aliphatic heterocycles. The zero-order chi connectivity index (χ0) is 14.4. The monoisotopic (exact) mass is 265 g/mol. The van der Waals surface area contributed by atoms with Gasteiger partial charge in [0.25, 0.3) is 0 Å². The third-order valence-corrected chi connectivity index (χ3v) is 3.75. The summed E-state index contributed by atoms with van der Waals surface area (Å²) in [5, 5.41) is 9.46. The van der Waals surface area contributed by atoms with Crippen LogP contribution in [0.4, 0.5) is 5.69 Å². The number of aliphatic hydroxyl groups excluding tert-OH is 1. The lowest BCUT2D eigenvalue weighted by atomic mass is 9.96. The molecule has 0 aliphatic carbocycles. The van der Waals surface area contributed by atoms with Gasteiger partial charge in [0.05, 0.1) is 12.8 Å². The van der Waals surface area contributed by atoms with Crippen molar-refractivity contribution in [3.05, 3.63) is 23.8 Å². The molecule has 0 aliphatic rings. The Labute approximate surface area is 117 Å². The summed E-state index contributed by atoms with van der Waals surface area (Å²) in [7, 11) is 3.76. The van der Waals surface area contributed by atoms with E-state index in [0.717, 1.165) is 24.4 Å². The molecule has 1 aromatic carbocycles. The van der Waals surface area contributed by atoms with E-state index in [1.165, 1.54) is 5.56 Å². The van der Waals surface area contributed by atoms with Crippen molar-refractivity contribution in [2.75, 3.05) is 32.2 Å². The Balaban J connectivity index is 2.93. The fourth-order valence-electron chi connectivity index (χ4n) is 2.18. The smallest absolute Gasteiger partial charge is 0.142 e. The average molecular weight is 265 g/mol. The van der Waals surface area contributed by atoms with Crippen LogP contribution in [0, 0.1) is 11.8 Å². The van der Waals surface area contributed by atoms with Gasteiger partial charge in [-0.25, -0.2) is 0 Å². The first-order valence-corrected chi connectivity index (χ1v) is 7.02. The first kappa shape index (κ1) is 15.8. The van der Waals surface area contributed by atoms with Crippen LogP contribution in [-0.4, -0.2) is 32.4 Å². The predicted octanol–water partition coefficient (Wildman–Crippen LogP) is 2.96. The summed E-state index contributed by atoms with van der Waals surface area (Å²) in [4.78, 5) is 2.18. The predicted molar refractivity (Wildman–Crippen MR) is 81.1 cm³/mol. The topological polar surface area (TPSA) is 32.7 Å². The minimum Gasteiger partial charge on any atom is -0.495 e. The van der Waals surface area contributed by atoms with E-state index >= 15 is 0 Å². The number of nitrogens with zero attached hydrogens (tertiary/aromatic N) is 1. The molecular formula is C16H27NO2. The van der Waals surface area contributed by atoms with Crippen molar-refractivity contribution >= 4 is 5.69 Å². The molecule has 0 saturated heterocycles. The fourth-order valence-corrected chi connectivity index (χ4v) is 2.18. The lowest BCUT2D eigenvalue weighted by Crippen LogP contribution is -2.30. The van der Waals surface area contributed by atoms with E-state index in [9.17, 15) is 5.11 Å². The van der Waals surface area contributed by atoms with E-state index < -0.39 is 0 Å². The molecule has 1 unspecified atom stereocenters. The van der Waals surface area contributed by atoms with Gasteiger partial charge in [-0.2, -0.15) is 0 Å². The highest BCUT2D eigenvalue weighted by atomic mass is 16.5. The SMILES string of the molecule is CCc1ccc(OC)c(N(C)CC(CO)C(C)C)c1. The van der Waals surface area contributed by atoms with Crippen molar-refractivity contribution in [1.82, 2.24) is 0 Å².